The van der Waals surface area contributed by atoms with Crippen molar-refractivity contribution in [3.05, 3.63) is 0 Å². The van der Waals surface area contributed by atoms with Crippen LogP contribution in [-0.2, 0) is 0 Å². The summed E-state index contributed by atoms with van der Waals surface area (Å²) in [4.78, 5) is 10.4. The summed E-state index contributed by atoms with van der Waals surface area (Å²) in [6, 6.07) is -0.0951. The summed E-state index contributed by atoms with van der Waals surface area (Å²) in [5.74, 6) is 0.830. The Morgan fingerprint density at radius 1 is 1.33 bits per heavy atom. The summed E-state index contributed by atoms with van der Waals surface area (Å²) in [5, 5.41) is 0. The number of nitrogens with one attached hydrogen (secondary N) is 2. The number of carbonyl (C=O) groups excluding carboxylic acids is 1. The molecule has 1 aliphatic carbocycles. The van der Waals surface area contributed by atoms with Gasteiger partial charge >= 0.3 is 6.03 Å². The zero-order valence-electron chi connectivity index (χ0n) is 7.47. The van der Waals surface area contributed by atoms with Gasteiger partial charge in [-0.05, 0) is 31.6 Å². The number of hydrazine groups is 1. The lowest BCUT2D eigenvalue weighted by Crippen LogP contribution is -2.47. The van der Waals surface area contributed by atoms with Crippen molar-refractivity contribution in [1.82, 2.24) is 10.9 Å². The monoisotopic (exact) mass is 171 g/mol. The van der Waals surface area contributed by atoms with Crippen LogP contribution in [0.15, 0.2) is 0 Å². The van der Waals surface area contributed by atoms with E-state index in [2.05, 4.69) is 17.8 Å². The van der Waals surface area contributed by atoms with Crippen LogP contribution < -0.4 is 16.6 Å². The standard InChI is InChI=1S/C8H17N3O/c1-6-2-4-7(5-3-6)10-11-8(9)12/h6-7,10H,2-5H2,1H3,(H3,9,11,12)/t6-,7-. The van der Waals surface area contributed by atoms with E-state index in [1.54, 1.807) is 0 Å². The van der Waals surface area contributed by atoms with Crippen molar-refractivity contribution in [3.8, 4) is 0 Å². The molecule has 1 fully saturated rings. The third-order valence-electron chi connectivity index (χ3n) is 2.42. The molecule has 12 heavy (non-hydrogen) atoms. The fourth-order valence-electron chi connectivity index (χ4n) is 1.58. The lowest BCUT2D eigenvalue weighted by Gasteiger charge is -2.26. The van der Waals surface area contributed by atoms with Crippen molar-refractivity contribution < 1.29 is 4.79 Å². The number of rotatable bonds is 2. The van der Waals surface area contributed by atoms with Crippen molar-refractivity contribution >= 4 is 6.03 Å². The largest absolute Gasteiger partial charge is 0.351 e. The number of primary amides is 1. The first-order valence-corrected chi connectivity index (χ1v) is 4.49. The summed E-state index contributed by atoms with van der Waals surface area (Å²) in [7, 11) is 0. The van der Waals surface area contributed by atoms with Crippen LogP contribution in [0.4, 0.5) is 4.79 Å². The van der Waals surface area contributed by atoms with Crippen LogP contribution in [0, 0.1) is 5.92 Å². The lowest BCUT2D eigenvalue weighted by atomic mass is 9.88. The molecular formula is C8H17N3O. The molecule has 0 spiro atoms. The molecule has 4 nitrogen and oxygen atoms in total. The van der Waals surface area contributed by atoms with Gasteiger partial charge in [-0.25, -0.2) is 10.2 Å². The Labute approximate surface area is 72.9 Å². The van der Waals surface area contributed by atoms with Gasteiger partial charge in [-0.15, -0.1) is 0 Å². The van der Waals surface area contributed by atoms with Crippen LogP contribution in [0.25, 0.3) is 0 Å². The average Bonchev–Trinajstić information content (AvgIpc) is 2.03. The fourth-order valence-corrected chi connectivity index (χ4v) is 1.58. The minimum absolute atomic E-state index is 0.411. The molecule has 0 aliphatic heterocycles. The van der Waals surface area contributed by atoms with Gasteiger partial charge in [0.25, 0.3) is 0 Å². The number of carbonyl (C=O) groups is 1. The summed E-state index contributed by atoms with van der Waals surface area (Å²) in [6.07, 6.45) is 4.72. The van der Waals surface area contributed by atoms with Gasteiger partial charge in [-0.1, -0.05) is 6.92 Å². The van der Waals surface area contributed by atoms with Crippen molar-refractivity contribution in [2.75, 3.05) is 0 Å². The number of hydrogen-bond acceptors (Lipinski definition) is 2. The number of nitrogens with two attached hydrogens (primary N) is 1. The average molecular weight is 171 g/mol. The Morgan fingerprint density at radius 3 is 2.42 bits per heavy atom. The molecule has 1 rings (SSSR count). The number of amides is 2. The number of urea groups is 1. The van der Waals surface area contributed by atoms with Crippen LogP contribution in [0.5, 0.6) is 0 Å². The fraction of sp³-hybridized carbons (Fsp3) is 0.875. The van der Waals surface area contributed by atoms with E-state index < -0.39 is 6.03 Å². The van der Waals surface area contributed by atoms with Crippen molar-refractivity contribution in [3.63, 3.8) is 0 Å². The first-order chi connectivity index (χ1) is 5.68. The molecule has 70 valence electrons. The molecular weight excluding hydrogens is 154 g/mol. The second-order valence-electron chi connectivity index (χ2n) is 3.59. The molecule has 4 N–H and O–H groups in total. The zero-order chi connectivity index (χ0) is 8.97. The Hall–Kier alpha value is -0.770. The van der Waals surface area contributed by atoms with Crippen molar-refractivity contribution in [2.24, 2.45) is 11.7 Å². The van der Waals surface area contributed by atoms with Crippen molar-refractivity contribution in [2.45, 2.75) is 38.6 Å². The predicted molar refractivity (Wildman–Crippen MR) is 47.3 cm³/mol. The van der Waals surface area contributed by atoms with E-state index in [-0.39, 0.29) is 0 Å². The summed E-state index contributed by atoms with van der Waals surface area (Å²) in [6.45, 7) is 2.26. The SMILES string of the molecule is C[C@H]1CC[C@H](NNC(N)=O)CC1. The maximum absolute atomic E-state index is 10.4. The Kier molecular flexibility index (Phi) is 3.34. The van der Waals surface area contributed by atoms with Crippen LogP contribution in [-0.4, -0.2) is 12.1 Å². The molecule has 0 aromatic carbocycles. The molecule has 4 heteroatoms. The maximum Gasteiger partial charge on any atom is 0.326 e. The van der Waals surface area contributed by atoms with Gasteiger partial charge in [0, 0.05) is 6.04 Å². The highest BCUT2D eigenvalue weighted by Gasteiger charge is 2.17. The van der Waals surface area contributed by atoms with E-state index in [0.717, 1.165) is 18.8 Å². The highest BCUT2D eigenvalue weighted by molar-refractivity contribution is 5.70. The Bertz CT molecular complexity index is 152. The van der Waals surface area contributed by atoms with Gasteiger partial charge in [-0.2, -0.15) is 0 Å². The van der Waals surface area contributed by atoms with Gasteiger partial charge in [-0.3, -0.25) is 5.43 Å². The molecule has 2 amide bonds. The van der Waals surface area contributed by atoms with E-state index in [1.165, 1.54) is 12.8 Å². The van der Waals surface area contributed by atoms with Gasteiger partial charge in [0.1, 0.15) is 0 Å². The third-order valence-corrected chi connectivity index (χ3v) is 2.42. The van der Waals surface area contributed by atoms with Crippen LogP contribution in [0.2, 0.25) is 0 Å². The maximum atomic E-state index is 10.4. The quantitative estimate of drug-likeness (QED) is 0.536. The van der Waals surface area contributed by atoms with E-state index >= 15 is 0 Å². The van der Waals surface area contributed by atoms with Crippen LogP contribution >= 0.6 is 0 Å². The van der Waals surface area contributed by atoms with Gasteiger partial charge in [0.2, 0.25) is 0 Å². The highest BCUT2D eigenvalue weighted by atomic mass is 16.2. The normalized spacial score (nSPS) is 29.8. The van der Waals surface area contributed by atoms with E-state index in [4.69, 9.17) is 5.73 Å². The van der Waals surface area contributed by atoms with E-state index in [0.29, 0.717) is 6.04 Å². The molecule has 1 saturated carbocycles. The zero-order valence-corrected chi connectivity index (χ0v) is 7.47. The van der Waals surface area contributed by atoms with Gasteiger partial charge < -0.3 is 5.73 Å². The smallest absolute Gasteiger partial charge is 0.326 e. The molecule has 0 unspecified atom stereocenters. The highest BCUT2D eigenvalue weighted by Crippen LogP contribution is 2.22. The minimum atomic E-state index is -0.506. The topological polar surface area (TPSA) is 67.2 Å². The summed E-state index contributed by atoms with van der Waals surface area (Å²) in [5.41, 5.74) is 10.3. The second kappa shape index (κ2) is 4.30. The van der Waals surface area contributed by atoms with Crippen molar-refractivity contribution in [1.29, 1.82) is 0 Å². The Morgan fingerprint density at radius 2 is 1.92 bits per heavy atom. The molecule has 0 atom stereocenters. The van der Waals surface area contributed by atoms with Gasteiger partial charge in [0.15, 0.2) is 0 Å². The molecule has 0 heterocycles. The van der Waals surface area contributed by atoms with Gasteiger partial charge in [0.05, 0.1) is 0 Å². The minimum Gasteiger partial charge on any atom is -0.351 e. The van der Waals surface area contributed by atoms with E-state index in [9.17, 15) is 4.79 Å². The summed E-state index contributed by atoms with van der Waals surface area (Å²) >= 11 is 0. The number of hydrogen-bond donors (Lipinski definition) is 3. The molecule has 0 saturated heterocycles. The summed E-state index contributed by atoms with van der Waals surface area (Å²) < 4.78 is 0. The van der Waals surface area contributed by atoms with Crippen LogP contribution in [0.1, 0.15) is 32.6 Å². The third kappa shape index (κ3) is 3.09. The molecule has 0 aromatic rings. The predicted octanol–water partition coefficient (Wildman–Crippen LogP) is 0.738. The molecule has 0 radical (unpaired) electrons. The first-order valence-electron chi connectivity index (χ1n) is 4.49. The Balaban J connectivity index is 2.13. The van der Waals surface area contributed by atoms with Crippen LogP contribution in [0.3, 0.4) is 0 Å². The first kappa shape index (κ1) is 9.32. The second-order valence-corrected chi connectivity index (χ2v) is 3.59. The molecule has 0 aromatic heterocycles. The molecule has 1 aliphatic rings. The molecule has 0 bridgehead atoms. The lowest BCUT2D eigenvalue weighted by molar-refractivity contribution is 0.234. The van der Waals surface area contributed by atoms with E-state index in [1.807, 2.05) is 0 Å².